The lowest BCUT2D eigenvalue weighted by Gasteiger charge is -2.33. The van der Waals surface area contributed by atoms with Crippen LogP contribution in [-0.2, 0) is 13.1 Å². The fourth-order valence-corrected chi connectivity index (χ4v) is 2.96. The highest BCUT2D eigenvalue weighted by Crippen LogP contribution is 2.23. The van der Waals surface area contributed by atoms with Crippen LogP contribution in [0.2, 0.25) is 0 Å². The fraction of sp³-hybridized carbons (Fsp3) is 0.625. The first-order valence-electron chi connectivity index (χ1n) is 7.35. The number of rotatable bonds is 5. The van der Waals surface area contributed by atoms with Gasteiger partial charge in [-0.25, -0.2) is 0 Å². The predicted octanol–water partition coefficient (Wildman–Crippen LogP) is 3.30. The number of hydrogen-bond donors (Lipinski definition) is 1. The molecule has 2 N–H and O–H groups in total. The summed E-state index contributed by atoms with van der Waals surface area (Å²) in [4.78, 5) is 2.64. The maximum Gasteiger partial charge on any atom is 0.0236 e. The Morgan fingerprint density at radius 2 is 1.67 bits per heavy atom. The van der Waals surface area contributed by atoms with Crippen LogP contribution in [0.25, 0.3) is 0 Å². The van der Waals surface area contributed by atoms with Gasteiger partial charge in [0, 0.05) is 19.1 Å². The zero-order valence-corrected chi connectivity index (χ0v) is 11.6. The highest BCUT2D eigenvalue weighted by molar-refractivity contribution is 5.22. The van der Waals surface area contributed by atoms with Crippen molar-refractivity contribution in [3.63, 3.8) is 0 Å². The molecule has 100 valence electrons. The topological polar surface area (TPSA) is 29.3 Å². The van der Waals surface area contributed by atoms with Crippen LogP contribution >= 0.6 is 0 Å². The maximum absolute atomic E-state index is 5.63. The van der Waals surface area contributed by atoms with Gasteiger partial charge in [-0.15, -0.1) is 0 Å². The number of benzene rings is 1. The van der Waals surface area contributed by atoms with E-state index in [0.29, 0.717) is 6.54 Å². The molecule has 0 bridgehead atoms. The van der Waals surface area contributed by atoms with Gasteiger partial charge in [-0.1, -0.05) is 50.5 Å². The van der Waals surface area contributed by atoms with Crippen molar-refractivity contribution in [2.45, 2.75) is 58.2 Å². The fourth-order valence-electron chi connectivity index (χ4n) is 2.96. The van der Waals surface area contributed by atoms with Crippen molar-refractivity contribution in [2.24, 2.45) is 5.73 Å². The van der Waals surface area contributed by atoms with E-state index in [0.717, 1.165) is 19.1 Å². The zero-order valence-electron chi connectivity index (χ0n) is 11.6. The van der Waals surface area contributed by atoms with Crippen molar-refractivity contribution >= 4 is 0 Å². The largest absolute Gasteiger partial charge is 0.326 e. The van der Waals surface area contributed by atoms with Crippen molar-refractivity contribution in [1.82, 2.24) is 4.90 Å². The lowest BCUT2D eigenvalue weighted by molar-refractivity contribution is 0.156. The third kappa shape index (κ3) is 3.56. The Balaban J connectivity index is 1.95. The van der Waals surface area contributed by atoms with E-state index >= 15 is 0 Å². The number of hydrogen-bond acceptors (Lipinski definition) is 2. The van der Waals surface area contributed by atoms with Gasteiger partial charge in [0.05, 0.1) is 0 Å². The quantitative estimate of drug-likeness (QED) is 0.863. The molecule has 2 rings (SSSR count). The van der Waals surface area contributed by atoms with E-state index in [1.807, 2.05) is 0 Å². The minimum atomic E-state index is 0.639. The molecule has 0 heterocycles. The van der Waals surface area contributed by atoms with Crippen molar-refractivity contribution in [2.75, 3.05) is 6.54 Å². The Labute approximate surface area is 111 Å². The molecule has 0 radical (unpaired) electrons. The van der Waals surface area contributed by atoms with Crippen molar-refractivity contribution in [3.05, 3.63) is 35.4 Å². The van der Waals surface area contributed by atoms with Crippen LogP contribution < -0.4 is 5.73 Å². The Morgan fingerprint density at radius 3 is 2.22 bits per heavy atom. The molecule has 1 saturated carbocycles. The first-order chi connectivity index (χ1) is 8.83. The molecule has 1 aliphatic carbocycles. The van der Waals surface area contributed by atoms with Crippen LogP contribution in [0.1, 0.15) is 50.2 Å². The third-order valence-corrected chi connectivity index (χ3v) is 4.14. The Morgan fingerprint density at radius 1 is 1.06 bits per heavy atom. The molecule has 0 saturated heterocycles. The zero-order chi connectivity index (χ0) is 12.8. The smallest absolute Gasteiger partial charge is 0.0236 e. The van der Waals surface area contributed by atoms with E-state index in [2.05, 4.69) is 36.1 Å². The molecule has 2 nitrogen and oxygen atoms in total. The van der Waals surface area contributed by atoms with Gasteiger partial charge in [0.1, 0.15) is 0 Å². The van der Waals surface area contributed by atoms with E-state index in [1.54, 1.807) is 0 Å². The molecule has 18 heavy (non-hydrogen) atoms. The van der Waals surface area contributed by atoms with Gasteiger partial charge in [0.2, 0.25) is 0 Å². The summed E-state index contributed by atoms with van der Waals surface area (Å²) in [7, 11) is 0. The molecule has 0 aliphatic heterocycles. The maximum atomic E-state index is 5.63. The second kappa shape index (κ2) is 6.91. The summed E-state index contributed by atoms with van der Waals surface area (Å²) in [6, 6.07) is 9.58. The SMILES string of the molecule is CCN(Cc1ccc(CN)cc1)C1CCCCC1. The van der Waals surface area contributed by atoms with Gasteiger partial charge in [0.25, 0.3) is 0 Å². The van der Waals surface area contributed by atoms with Gasteiger partial charge in [-0.2, -0.15) is 0 Å². The summed E-state index contributed by atoms with van der Waals surface area (Å²) in [5.41, 5.74) is 8.27. The molecular weight excluding hydrogens is 220 g/mol. The lowest BCUT2D eigenvalue weighted by Crippen LogP contribution is -2.36. The van der Waals surface area contributed by atoms with Crippen LogP contribution in [0.5, 0.6) is 0 Å². The summed E-state index contributed by atoms with van der Waals surface area (Å²) in [5, 5.41) is 0. The van der Waals surface area contributed by atoms with Gasteiger partial charge in [0.15, 0.2) is 0 Å². The second-order valence-corrected chi connectivity index (χ2v) is 5.38. The summed E-state index contributed by atoms with van der Waals surface area (Å²) < 4.78 is 0. The molecule has 1 aromatic rings. The third-order valence-electron chi connectivity index (χ3n) is 4.14. The Kier molecular flexibility index (Phi) is 5.21. The molecule has 2 heteroatoms. The highest BCUT2D eigenvalue weighted by Gasteiger charge is 2.19. The molecule has 0 amide bonds. The Hall–Kier alpha value is -0.860. The van der Waals surface area contributed by atoms with E-state index in [1.165, 1.54) is 43.2 Å². The summed E-state index contributed by atoms with van der Waals surface area (Å²) in [6.45, 7) is 5.17. The monoisotopic (exact) mass is 246 g/mol. The summed E-state index contributed by atoms with van der Waals surface area (Å²) >= 11 is 0. The van der Waals surface area contributed by atoms with Crippen LogP contribution in [0.3, 0.4) is 0 Å². The molecule has 0 atom stereocenters. The molecule has 1 fully saturated rings. The molecule has 1 aliphatic rings. The van der Waals surface area contributed by atoms with Crippen molar-refractivity contribution in [1.29, 1.82) is 0 Å². The van der Waals surface area contributed by atoms with Crippen LogP contribution in [0.15, 0.2) is 24.3 Å². The van der Waals surface area contributed by atoms with Crippen LogP contribution in [-0.4, -0.2) is 17.5 Å². The van der Waals surface area contributed by atoms with Crippen LogP contribution in [0.4, 0.5) is 0 Å². The molecule has 0 unspecified atom stereocenters. The minimum Gasteiger partial charge on any atom is -0.326 e. The molecule has 1 aromatic carbocycles. The van der Waals surface area contributed by atoms with E-state index in [-0.39, 0.29) is 0 Å². The van der Waals surface area contributed by atoms with E-state index in [4.69, 9.17) is 5.73 Å². The average Bonchev–Trinajstić information content (AvgIpc) is 2.46. The standard InChI is InChI=1S/C16H26N2/c1-2-18(16-6-4-3-5-7-16)13-15-10-8-14(12-17)9-11-15/h8-11,16H,2-7,12-13,17H2,1H3. The van der Waals surface area contributed by atoms with Gasteiger partial charge in [-0.05, 0) is 30.5 Å². The van der Waals surface area contributed by atoms with Gasteiger partial charge >= 0.3 is 0 Å². The van der Waals surface area contributed by atoms with Crippen LogP contribution in [0, 0.1) is 0 Å². The number of nitrogens with zero attached hydrogens (tertiary/aromatic N) is 1. The van der Waals surface area contributed by atoms with Gasteiger partial charge in [-0.3, -0.25) is 4.90 Å². The van der Waals surface area contributed by atoms with Crippen molar-refractivity contribution < 1.29 is 0 Å². The van der Waals surface area contributed by atoms with Gasteiger partial charge < -0.3 is 5.73 Å². The Bertz CT molecular complexity index is 339. The van der Waals surface area contributed by atoms with E-state index < -0.39 is 0 Å². The number of nitrogens with two attached hydrogens (primary N) is 1. The molecular formula is C16H26N2. The highest BCUT2D eigenvalue weighted by atomic mass is 15.1. The summed E-state index contributed by atoms with van der Waals surface area (Å²) in [5.74, 6) is 0. The minimum absolute atomic E-state index is 0.639. The predicted molar refractivity (Wildman–Crippen MR) is 77.3 cm³/mol. The van der Waals surface area contributed by atoms with E-state index in [9.17, 15) is 0 Å². The average molecular weight is 246 g/mol. The lowest BCUT2D eigenvalue weighted by atomic mass is 9.94. The molecule has 0 spiro atoms. The molecule has 0 aromatic heterocycles. The first-order valence-corrected chi connectivity index (χ1v) is 7.35. The van der Waals surface area contributed by atoms with Crippen molar-refractivity contribution in [3.8, 4) is 0 Å². The normalized spacial score (nSPS) is 17.3. The summed E-state index contributed by atoms with van der Waals surface area (Å²) in [6.07, 6.45) is 7.02. The second-order valence-electron chi connectivity index (χ2n) is 5.38. The first kappa shape index (κ1) is 13.6.